The summed E-state index contributed by atoms with van der Waals surface area (Å²) in [4.78, 5) is 16.4. The SMILES string of the molecule is CC(C)(OC(=O)COc1ccc([S+](c2ccccc2)c2ccccc2)cc1)c1cccc2ccccc12. The normalized spacial score (nSPS) is 11.4. The van der Waals surface area contributed by atoms with E-state index in [1.807, 2.05) is 62.4 Å². The van der Waals surface area contributed by atoms with Gasteiger partial charge in [0.05, 0.1) is 10.9 Å². The lowest BCUT2D eigenvalue weighted by Crippen LogP contribution is -2.28. The van der Waals surface area contributed by atoms with Crippen LogP contribution >= 0.6 is 0 Å². The highest BCUT2D eigenvalue weighted by atomic mass is 32.2. The van der Waals surface area contributed by atoms with Gasteiger partial charge in [-0.15, -0.1) is 0 Å². The largest absolute Gasteiger partial charge is 0.482 e. The summed E-state index contributed by atoms with van der Waals surface area (Å²) in [6.07, 6.45) is 0. The Balaban J connectivity index is 1.27. The minimum Gasteiger partial charge on any atom is -0.482 e. The summed E-state index contributed by atoms with van der Waals surface area (Å²) in [5.41, 5.74) is 0.183. The molecule has 4 heteroatoms. The third-order valence-electron chi connectivity index (χ3n) is 6.18. The number of hydrogen-bond acceptors (Lipinski definition) is 3. The van der Waals surface area contributed by atoms with Crippen molar-refractivity contribution in [2.24, 2.45) is 0 Å². The summed E-state index contributed by atoms with van der Waals surface area (Å²) >= 11 is 0. The van der Waals surface area contributed by atoms with E-state index in [9.17, 15) is 4.79 Å². The highest BCUT2D eigenvalue weighted by molar-refractivity contribution is 7.97. The van der Waals surface area contributed by atoms with Crippen molar-refractivity contribution in [3.8, 4) is 5.75 Å². The first-order valence-corrected chi connectivity index (χ1v) is 13.5. The fraction of sp³-hybridized carbons (Fsp3) is 0.121. The van der Waals surface area contributed by atoms with Crippen LogP contribution in [0.2, 0.25) is 0 Å². The third-order valence-corrected chi connectivity index (χ3v) is 8.41. The zero-order chi connectivity index (χ0) is 25.7. The van der Waals surface area contributed by atoms with Gasteiger partial charge in [0.2, 0.25) is 0 Å². The molecule has 0 N–H and O–H groups in total. The fourth-order valence-corrected chi connectivity index (χ4v) is 6.54. The standard InChI is InChI=1S/C33H29O3S/c1-33(2,31-19-11-13-25-12-9-10-18-30(25)31)36-32(34)24-35-26-20-22-29(23-21-26)37(27-14-5-3-6-15-27)28-16-7-4-8-17-28/h3-23H,24H2,1-2H3/q+1. The summed E-state index contributed by atoms with van der Waals surface area (Å²) in [5.74, 6) is 0.226. The molecular weight excluding hydrogens is 476 g/mol. The van der Waals surface area contributed by atoms with Gasteiger partial charge in [-0.3, -0.25) is 0 Å². The molecule has 0 radical (unpaired) electrons. The molecule has 0 heterocycles. The molecule has 0 fully saturated rings. The maximum atomic E-state index is 12.7. The van der Waals surface area contributed by atoms with Gasteiger partial charge >= 0.3 is 5.97 Å². The van der Waals surface area contributed by atoms with E-state index in [1.54, 1.807) is 0 Å². The molecule has 184 valence electrons. The molecule has 5 aromatic rings. The highest BCUT2D eigenvalue weighted by Crippen LogP contribution is 2.33. The minimum atomic E-state index is -0.787. The Kier molecular flexibility index (Phi) is 7.29. The van der Waals surface area contributed by atoms with E-state index in [-0.39, 0.29) is 17.5 Å². The predicted molar refractivity (Wildman–Crippen MR) is 150 cm³/mol. The van der Waals surface area contributed by atoms with Crippen LogP contribution < -0.4 is 4.74 Å². The van der Waals surface area contributed by atoms with Crippen molar-refractivity contribution in [3.05, 3.63) is 133 Å². The molecule has 0 unspecified atom stereocenters. The van der Waals surface area contributed by atoms with E-state index in [1.165, 1.54) is 14.7 Å². The molecule has 0 bridgehead atoms. The van der Waals surface area contributed by atoms with Gasteiger partial charge in [0.15, 0.2) is 21.3 Å². The van der Waals surface area contributed by atoms with Crippen molar-refractivity contribution >= 4 is 27.6 Å². The van der Waals surface area contributed by atoms with Crippen LogP contribution in [0.5, 0.6) is 5.75 Å². The maximum absolute atomic E-state index is 12.7. The van der Waals surface area contributed by atoms with Crippen LogP contribution in [0.15, 0.2) is 142 Å². The molecule has 0 aromatic heterocycles. The maximum Gasteiger partial charge on any atom is 0.345 e. The van der Waals surface area contributed by atoms with Crippen LogP contribution in [0.1, 0.15) is 19.4 Å². The van der Waals surface area contributed by atoms with Gasteiger partial charge in [0, 0.05) is 5.56 Å². The van der Waals surface area contributed by atoms with E-state index >= 15 is 0 Å². The predicted octanol–water partition coefficient (Wildman–Crippen LogP) is 7.79. The van der Waals surface area contributed by atoms with E-state index in [2.05, 4.69) is 78.9 Å². The molecular formula is C33H29O3S+. The van der Waals surface area contributed by atoms with Crippen LogP contribution in [0.3, 0.4) is 0 Å². The van der Waals surface area contributed by atoms with E-state index < -0.39 is 11.6 Å². The Morgan fingerprint density at radius 2 is 1.19 bits per heavy atom. The summed E-state index contributed by atoms with van der Waals surface area (Å²) in [7, 11) is -0.229. The number of fused-ring (bicyclic) bond motifs is 1. The van der Waals surface area contributed by atoms with Crippen LogP contribution in [-0.2, 0) is 26.0 Å². The van der Waals surface area contributed by atoms with Crippen molar-refractivity contribution in [2.75, 3.05) is 6.61 Å². The smallest absolute Gasteiger partial charge is 0.345 e. The van der Waals surface area contributed by atoms with Crippen LogP contribution in [0.25, 0.3) is 10.8 Å². The Labute approximate surface area is 221 Å². The van der Waals surface area contributed by atoms with Crippen molar-refractivity contribution in [3.63, 3.8) is 0 Å². The Hall–Kier alpha value is -4.02. The first-order valence-electron chi connectivity index (χ1n) is 12.3. The van der Waals surface area contributed by atoms with Crippen molar-refractivity contribution in [1.82, 2.24) is 0 Å². The molecule has 0 saturated heterocycles. The van der Waals surface area contributed by atoms with Crippen molar-refractivity contribution in [1.29, 1.82) is 0 Å². The summed E-state index contributed by atoms with van der Waals surface area (Å²) in [6, 6.07) is 43.2. The quantitative estimate of drug-likeness (QED) is 0.159. The molecule has 0 aliphatic carbocycles. The lowest BCUT2D eigenvalue weighted by molar-refractivity contribution is -0.159. The van der Waals surface area contributed by atoms with E-state index in [0.29, 0.717) is 5.75 Å². The van der Waals surface area contributed by atoms with Crippen molar-refractivity contribution in [2.45, 2.75) is 34.1 Å². The third kappa shape index (κ3) is 5.71. The molecule has 0 amide bonds. The van der Waals surface area contributed by atoms with Crippen molar-refractivity contribution < 1.29 is 14.3 Å². The molecule has 0 aliphatic rings. The molecule has 37 heavy (non-hydrogen) atoms. The van der Waals surface area contributed by atoms with Gasteiger partial charge in [0.25, 0.3) is 0 Å². The summed E-state index contributed by atoms with van der Waals surface area (Å²) in [5, 5.41) is 2.19. The fourth-order valence-electron chi connectivity index (χ4n) is 4.46. The van der Waals surface area contributed by atoms with E-state index in [0.717, 1.165) is 16.3 Å². The van der Waals surface area contributed by atoms with Gasteiger partial charge in [-0.1, -0.05) is 78.9 Å². The van der Waals surface area contributed by atoms with Gasteiger partial charge in [-0.25, -0.2) is 4.79 Å². The minimum absolute atomic E-state index is 0.156. The molecule has 0 spiro atoms. The number of esters is 1. The second-order valence-electron chi connectivity index (χ2n) is 9.20. The van der Waals surface area contributed by atoms with E-state index in [4.69, 9.17) is 9.47 Å². The Bertz CT molecular complexity index is 1430. The molecule has 3 nitrogen and oxygen atoms in total. The average Bonchev–Trinajstić information content (AvgIpc) is 2.93. The van der Waals surface area contributed by atoms with Gasteiger partial charge < -0.3 is 9.47 Å². The van der Waals surface area contributed by atoms with Crippen LogP contribution in [0.4, 0.5) is 0 Å². The number of carbonyl (C=O) groups excluding carboxylic acids is 1. The van der Waals surface area contributed by atoms with Gasteiger partial charge in [-0.05, 0) is 73.2 Å². The lowest BCUT2D eigenvalue weighted by atomic mass is 9.92. The second kappa shape index (κ2) is 10.9. The number of rotatable bonds is 8. The topological polar surface area (TPSA) is 35.5 Å². The first kappa shape index (κ1) is 24.7. The Morgan fingerprint density at radius 3 is 1.84 bits per heavy atom. The first-order chi connectivity index (χ1) is 18.0. The van der Waals surface area contributed by atoms with Crippen LogP contribution in [0, 0.1) is 0 Å². The Morgan fingerprint density at radius 1 is 0.649 bits per heavy atom. The summed E-state index contributed by atoms with van der Waals surface area (Å²) in [6.45, 7) is 3.67. The molecule has 0 atom stereocenters. The van der Waals surface area contributed by atoms with Crippen LogP contribution in [-0.4, -0.2) is 12.6 Å². The second-order valence-corrected chi connectivity index (χ2v) is 11.2. The number of benzene rings is 5. The number of carbonyl (C=O) groups is 1. The molecule has 0 aliphatic heterocycles. The number of hydrogen-bond donors (Lipinski definition) is 0. The average molecular weight is 506 g/mol. The zero-order valence-corrected chi connectivity index (χ0v) is 21.8. The monoisotopic (exact) mass is 505 g/mol. The lowest BCUT2D eigenvalue weighted by Gasteiger charge is -2.27. The zero-order valence-electron chi connectivity index (χ0n) is 21.0. The summed E-state index contributed by atoms with van der Waals surface area (Å²) < 4.78 is 11.7. The number of ether oxygens (including phenoxy) is 2. The van der Waals surface area contributed by atoms with Gasteiger partial charge in [0.1, 0.15) is 11.4 Å². The molecule has 5 rings (SSSR count). The highest BCUT2D eigenvalue weighted by Gasteiger charge is 2.29. The van der Waals surface area contributed by atoms with Gasteiger partial charge in [-0.2, -0.15) is 0 Å². The molecule has 5 aromatic carbocycles. The molecule has 0 saturated carbocycles.